The summed E-state index contributed by atoms with van der Waals surface area (Å²) in [6, 6.07) is 16.3. The molecule has 0 N–H and O–H groups in total. The van der Waals surface area contributed by atoms with E-state index in [4.69, 9.17) is 18.6 Å². The van der Waals surface area contributed by atoms with Crippen LogP contribution in [0.4, 0.5) is 0 Å². The molecule has 0 radical (unpaired) electrons. The summed E-state index contributed by atoms with van der Waals surface area (Å²) in [6.45, 7) is 6.55. The fraction of sp³-hybridized carbons (Fsp3) is 0.400. The number of amides is 2. The van der Waals surface area contributed by atoms with E-state index in [0.717, 1.165) is 17.7 Å². The van der Waals surface area contributed by atoms with Gasteiger partial charge in [0.05, 0.1) is 27.9 Å². The van der Waals surface area contributed by atoms with Crippen molar-refractivity contribution < 1.29 is 28.2 Å². The smallest absolute Gasteiger partial charge is 0.254 e. The molecule has 0 aliphatic rings. The molecular weight excluding hydrogens is 484 g/mol. The van der Waals surface area contributed by atoms with Crippen molar-refractivity contribution in [1.82, 2.24) is 9.80 Å². The van der Waals surface area contributed by atoms with Crippen LogP contribution in [-0.4, -0.2) is 62.1 Å². The Kier molecular flexibility index (Phi) is 10.2. The van der Waals surface area contributed by atoms with Crippen LogP contribution in [0.25, 0.3) is 0 Å². The average Bonchev–Trinajstić information content (AvgIpc) is 3.37. The Hall–Kier alpha value is -3.94. The Morgan fingerprint density at radius 2 is 1.63 bits per heavy atom. The number of benzene rings is 2. The van der Waals surface area contributed by atoms with Gasteiger partial charge in [-0.05, 0) is 80.8 Å². The minimum atomic E-state index is -0.191. The molecule has 2 aromatic carbocycles. The van der Waals surface area contributed by atoms with E-state index in [9.17, 15) is 9.59 Å². The fourth-order valence-corrected chi connectivity index (χ4v) is 4.14. The van der Waals surface area contributed by atoms with Crippen LogP contribution in [0.1, 0.15) is 47.7 Å². The minimum absolute atomic E-state index is 0.0362. The second-order valence-corrected chi connectivity index (χ2v) is 9.19. The lowest BCUT2D eigenvalue weighted by atomic mass is 10.1. The van der Waals surface area contributed by atoms with Gasteiger partial charge in [-0.2, -0.15) is 0 Å². The van der Waals surface area contributed by atoms with E-state index in [1.165, 1.54) is 0 Å². The molecule has 3 rings (SSSR count). The lowest BCUT2D eigenvalue weighted by Crippen LogP contribution is -2.46. The topological polar surface area (TPSA) is 81.5 Å². The highest BCUT2D eigenvalue weighted by Gasteiger charge is 2.26. The summed E-state index contributed by atoms with van der Waals surface area (Å²) in [6.07, 6.45) is 1.32. The fourth-order valence-electron chi connectivity index (χ4n) is 4.14. The van der Waals surface area contributed by atoms with Gasteiger partial charge in [-0.3, -0.25) is 9.59 Å². The first-order chi connectivity index (χ1) is 18.3. The second kappa shape index (κ2) is 13.6. The van der Waals surface area contributed by atoms with Gasteiger partial charge in [0.1, 0.15) is 23.8 Å². The minimum Gasteiger partial charge on any atom is -0.497 e. The van der Waals surface area contributed by atoms with Crippen LogP contribution < -0.4 is 14.2 Å². The quantitative estimate of drug-likeness (QED) is 0.310. The molecule has 0 saturated heterocycles. The molecule has 38 heavy (non-hydrogen) atoms. The Balaban J connectivity index is 1.81. The van der Waals surface area contributed by atoms with Crippen molar-refractivity contribution in [2.24, 2.45) is 0 Å². The van der Waals surface area contributed by atoms with Crippen molar-refractivity contribution in [3.63, 3.8) is 0 Å². The molecule has 0 aliphatic heterocycles. The highest BCUT2D eigenvalue weighted by molar-refractivity contribution is 5.96. The number of nitrogens with zero attached hydrogens (tertiary/aromatic N) is 2. The predicted octanol–water partition coefficient (Wildman–Crippen LogP) is 5.13. The number of furan rings is 1. The number of hydrogen-bond donors (Lipinski definition) is 0. The van der Waals surface area contributed by atoms with E-state index < -0.39 is 0 Å². The maximum absolute atomic E-state index is 13.7. The SMILES string of the molecule is CC[C@@H](C)N(CC(=O)N(CCc1ccc(OC)c(OC)c1)Cc1ccc(C)o1)C(=O)c1ccc(OC)cc1. The molecule has 8 heteroatoms. The van der Waals surface area contributed by atoms with Gasteiger partial charge >= 0.3 is 0 Å². The van der Waals surface area contributed by atoms with Gasteiger partial charge in [0.15, 0.2) is 11.5 Å². The average molecular weight is 523 g/mol. The van der Waals surface area contributed by atoms with E-state index in [2.05, 4.69) is 0 Å². The first-order valence-corrected chi connectivity index (χ1v) is 12.8. The summed E-state index contributed by atoms with van der Waals surface area (Å²) in [5.74, 6) is 3.09. The highest BCUT2D eigenvalue weighted by atomic mass is 16.5. The van der Waals surface area contributed by atoms with Crippen molar-refractivity contribution in [2.45, 2.75) is 46.2 Å². The molecule has 2 amide bonds. The zero-order chi connectivity index (χ0) is 27.7. The summed E-state index contributed by atoms with van der Waals surface area (Å²) in [5, 5.41) is 0. The molecule has 1 heterocycles. The maximum atomic E-state index is 13.7. The van der Waals surface area contributed by atoms with Gasteiger partial charge < -0.3 is 28.4 Å². The van der Waals surface area contributed by atoms with Gasteiger partial charge in [-0.25, -0.2) is 0 Å². The molecule has 0 bridgehead atoms. The van der Waals surface area contributed by atoms with Gasteiger partial charge in [0.25, 0.3) is 5.91 Å². The molecule has 0 fully saturated rings. The number of methoxy groups -OCH3 is 3. The molecule has 3 aromatic rings. The van der Waals surface area contributed by atoms with E-state index in [1.54, 1.807) is 55.4 Å². The summed E-state index contributed by atoms with van der Waals surface area (Å²) in [7, 11) is 4.78. The maximum Gasteiger partial charge on any atom is 0.254 e. The lowest BCUT2D eigenvalue weighted by molar-refractivity contribution is -0.133. The third kappa shape index (κ3) is 7.31. The van der Waals surface area contributed by atoms with Crippen molar-refractivity contribution in [3.05, 3.63) is 77.2 Å². The first kappa shape index (κ1) is 28.6. The molecule has 0 spiro atoms. The van der Waals surface area contributed by atoms with E-state index in [0.29, 0.717) is 48.1 Å². The van der Waals surface area contributed by atoms with Crippen LogP contribution in [0.2, 0.25) is 0 Å². The number of hydrogen-bond acceptors (Lipinski definition) is 6. The molecule has 8 nitrogen and oxygen atoms in total. The third-order valence-corrected chi connectivity index (χ3v) is 6.64. The van der Waals surface area contributed by atoms with E-state index >= 15 is 0 Å². The second-order valence-electron chi connectivity index (χ2n) is 9.19. The molecule has 0 saturated carbocycles. The van der Waals surface area contributed by atoms with Crippen LogP contribution in [-0.2, 0) is 17.8 Å². The molecule has 0 aliphatic carbocycles. The first-order valence-electron chi connectivity index (χ1n) is 12.8. The lowest BCUT2D eigenvalue weighted by Gasteiger charge is -2.31. The van der Waals surface area contributed by atoms with Gasteiger partial charge in [0.2, 0.25) is 5.91 Å². The standard InChI is InChI=1S/C30H38N2O6/c1-7-21(2)32(30(34)24-10-13-25(35-4)14-11-24)20-29(33)31(19-26-12-8-22(3)38-26)17-16-23-9-15-27(36-5)28(18-23)37-6/h8-15,18,21H,7,16-17,19-20H2,1-6H3/t21-/m1/s1. The van der Waals surface area contributed by atoms with E-state index in [-0.39, 0.29) is 24.4 Å². The number of rotatable bonds is 13. The number of carbonyl (C=O) groups excluding carboxylic acids is 2. The van der Waals surface area contributed by atoms with Crippen LogP contribution in [0.15, 0.2) is 59.0 Å². The zero-order valence-corrected chi connectivity index (χ0v) is 23.2. The van der Waals surface area contributed by atoms with Gasteiger partial charge in [0, 0.05) is 18.2 Å². The normalized spacial score (nSPS) is 11.5. The Bertz CT molecular complexity index is 1200. The van der Waals surface area contributed by atoms with Gasteiger partial charge in [-0.15, -0.1) is 0 Å². The summed E-state index contributed by atoms with van der Waals surface area (Å²) >= 11 is 0. The van der Waals surface area contributed by atoms with E-state index in [1.807, 2.05) is 51.1 Å². The largest absolute Gasteiger partial charge is 0.497 e. The number of carbonyl (C=O) groups is 2. The third-order valence-electron chi connectivity index (χ3n) is 6.64. The van der Waals surface area contributed by atoms with Crippen LogP contribution in [0.3, 0.4) is 0 Å². The van der Waals surface area contributed by atoms with Gasteiger partial charge in [-0.1, -0.05) is 13.0 Å². The van der Waals surface area contributed by atoms with Crippen molar-refractivity contribution in [1.29, 1.82) is 0 Å². The molecule has 204 valence electrons. The molecular formula is C30H38N2O6. The highest BCUT2D eigenvalue weighted by Crippen LogP contribution is 2.28. The summed E-state index contributed by atoms with van der Waals surface area (Å²) in [5.41, 5.74) is 1.52. The Morgan fingerprint density at radius 1 is 0.921 bits per heavy atom. The summed E-state index contributed by atoms with van der Waals surface area (Å²) < 4.78 is 21.8. The predicted molar refractivity (Wildman–Crippen MR) is 146 cm³/mol. The van der Waals surface area contributed by atoms with Crippen molar-refractivity contribution in [2.75, 3.05) is 34.4 Å². The van der Waals surface area contributed by atoms with Crippen molar-refractivity contribution >= 4 is 11.8 Å². The number of ether oxygens (including phenoxy) is 3. The number of aryl methyl sites for hydroxylation is 1. The molecule has 1 aromatic heterocycles. The monoisotopic (exact) mass is 522 g/mol. The zero-order valence-electron chi connectivity index (χ0n) is 23.2. The van der Waals surface area contributed by atoms with Crippen LogP contribution in [0.5, 0.6) is 17.2 Å². The molecule has 0 unspecified atom stereocenters. The Labute approximate surface area is 225 Å². The van der Waals surface area contributed by atoms with Crippen molar-refractivity contribution in [3.8, 4) is 17.2 Å². The van der Waals surface area contributed by atoms with Crippen LogP contribution in [0, 0.1) is 6.92 Å². The molecule has 1 atom stereocenters. The summed E-state index contributed by atoms with van der Waals surface area (Å²) in [4.78, 5) is 30.5. The van der Waals surface area contributed by atoms with Crippen LogP contribution >= 0.6 is 0 Å². The Morgan fingerprint density at radius 3 is 2.21 bits per heavy atom.